The zero-order chi connectivity index (χ0) is 46.2. The Labute approximate surface area is 408 Å². The Morgan fingerprint density at radius 3 is 1.29 bits per heavy atom. The van der Waals surface area contributed by atoms with Gasteiger partial charge in [-0.25, -0.2) is 4.85 Å². The number of benzene rings is 11. The van der Waals surface area contributed by atoms with E-state index in [0.29, 0.717) is 11.3 Å². The van der Waals surface area contributed by atoms with Gasteiger partial charge in [0.2, 0.25) is 5.69 Å². The van der Waals surface area contributed by atoms with E-state index in [4.69, 9.17) is 0 Å². The third-order valence-corrected chi connectivity index (χ3v) is 17.0. The molecular formula is C64H34N4S2. The molecule has 4 nitrogen and oxygen atoms in total. The van der Waals surface area contributed by atoms with E-state index in [1.54, 1.807) is 0 Å². The van der Waals surface area contributed by atoms with Gasteiger partial charge in [-0.3, -0.25) is 0 Å². The highest BCUT2D eigenvalue weighted by Crippen LogP contribution is 2.55. The molecule has 0 spiro atoms. The maximum atomic E-state index is 12.0. The van der Waals surface area contributed by atoms with Crippen LogP contribution in [-0.4, -0.2) is 9.13 Å². The summed E-state index contributed by atoms with van der Waals surface area (Å²) in [7, 11) is 0. The topological polar surface area (TPSA) is 38.0 Å². The standard InChI is InChI=1S/C64H34N4S2/c1-66-58-51(36-65)56(45-26-14-18-37-16-2-4-20-39(37)45)61(67-52-28-10-6-22-41(52)47-32-34-49-43-24-8-12-30-54(43)69-63(49)59(47)67)62(57(58)46-27-15-19-38-17-3-5-21-40(38)46)68-53-29-11-7-23-42(53)48-33-35-50-44-25-9-13-31-55(44)70-64(50)60(48)68/h2-35H. The van der Waals surface area contributed by atoms with Gasteiger partial charge in [-0.2, -0.15) is 5.26 Å². The highest BCUT2D eigenvalue weighted by atomic mass is 32.1. The van der Waals surface area contributed by atoms with E-state index >= 15 is 0 Å². The number of hydrogen-bond acceptors (Lipinski definition) is 3. The SMILES string of the molecule is [C-]#[N+]c1c(C#N)c(-c2cccc3ccccc23)c(-n2c3ccccc3c3ccc4c5ccccc5sc4c32)c(-n2c3ccccc3c3ccc4c5ccccc5sc4c32)c1-c1cccc2ccccc12. The van der Waals surface area contributed by atoms with E-state index in [1.807, 2.05) is 22.7 Å². The average molecular weight is 923 g/mol. The molecule has 0 atom stereocenters. The summed E-state index contributed by atoms with van der Waals surface area (Å²) in [5, 5.41) is 25.4. The van der Waals surface area contributed by atoms with Gasteiger partial charge in [-0.15, -0.1) is 22.7 Å². The van der Waals surface area contributed by atoms with Crippen molar-refractivity contribution in [1.82, 2.24) is 9.13 Å². The van der Waals surface area contributed by atoms with Gasteiger partial charge in [0.25, 0.3) is 0 Å². The lowest BCUT2D eigenvalue weighted by Crippen LogP contribution is -2.10. The van der Waals surface area contributed by atoms with Crippen molar-refractivity contribution in [3.05, 3.63) is 223 Å². The van der Waals surface area contributed by atoms with Crippen molar-refractivity contribution in [2.45, 2.75) is 0 Å². The molecule has 0 radical (unpaired) electrons. The monoisotopic (exact) mass is 922 g/mol. The van der Waals surface area contributed by atoms with Crippen LogP contribution < -0.4 is 0 Å². The third kappa shape index (κ3) is 5.21. The molecule has 70 heavy (non-hydrogen) atoms. The Morgan fingerprint density at radius 2 is 0.786 bits per heavy atom. The predicted octanol–water partition coefficient (Wildman–Crippen LogP) is 18.7. The summed E-state index contributed by atoms with van der Waals surface area (Å²) in [6, 6.07) is 76.4. The summed E-state index contributed by atoms with van der Waals surface area (Å²) >= 11 is 3.63. The molecule has 15 aromatic rings. The lowest BCUT2D eigenvalue weighted by Gasteiger charge is -2.27. The molecule has 4 heterocycles. The minimum Gasteiger partial charge on any atom is -0.306 e. The molecule has 0 saturated heterocycles. The van der Waals surface area contributed by atoms with E-state index < -0.39 is 0 Å². The van der Waals surface area contributed by atoms with Crippen LogP contribution in [0.5, 0.6) is 0 Å². The molecule has 0 fully saturated rings. The first kappa shape index (κ1) is 39.0. The van der Waals surface area contributed by atoms with Crippen LogP contribution in [0.1, 0.15) is 5.56 Å². The minimum absolute atomic E-state index is 0.322. The Bertz CT molecular complexity index is 4550. The smallest absolute Gasteiger partial charge is 0.215 e. The van der Waals surface area contributed by atoms with Crippen molar-refractivity contribution in [3.8, 4) is 39.7 Å². The number of para-hydroxylation sites is 2. The molecule has 15 rings (SSSR count). The highest BCUT2D eigenvalue weighted by molar-refractivity contribution is 7.27. The molecule has 6 heteroatoms. The van der Waals surface area contributed by atoms with Crippen LogP contribution in [0, 0.1) is 17.9 Å². The number of fused-ring (bicyclic) bond motifs is 16. The summed E-state index contributed by atoms with van der Waals surface area (Å²) in [4.78, 5) is 4.55. The largest absolute Gasteiger partial charge is 0.306 e. The Morgan fingerprint density at radius 1 is 0.386 bits per heavy atom. The lowest BCUT2D eigenvalue weighted by atomic mass is 9.86. The van der Waals surface area contributed by atoms with E-state index in [2.05, 4.69) is 226 Å². The fourth-order valence-corrected chi connectivity index (χ4v) is 14.2. The third-order valence-electron chi connectivity index (χ3n) is 14.6. The maximum absolute atomic E-state index is 12.0. The number of aromatic nitrogens is 2. The normalized spacial score (nSPS) is 12.0. The van der Waals surface area contributed by atoms with Gasteiger partial charge < -0.3 is 9.13 Å². The van der Waals surface area contributed by atoms with Crippen LogP contribution >= 0.6 is 22.7 Å². The number of nitriles is 1. The summed E-state index contributed by atoms with van der Waals surface area (Å²) in [6.07, 6.45) is 0. The summed E-state index contributed by atoms with van der Waals surface area (Å²) < 4.78 is 9.71. The zero-order valence-corrected chi connectivity index (χ0v) is 38.9. The molecule has 0 aliphatic heterocycles. The average Bonchev–Trinajstić information content (AvgIpc) is 4.18. The molecule has 0 amide bonds. The van der Waals surface area contributed by atoms with Crippen LogP contribution in [0.2, 0.25) is 0 Å². The van der Waals surface area contributed by atoms with Gasteiger partial charge >= 0.3 is 0 Å². The number of nitrogens with zero attached hydrogens (tertiary/aromatic N) is 4. The van der Waals surface area contributed by atoms with E-state index in [0.717, 1.165) is 98.8 Å². The molecule has 0 aliphatic rings. The van der Waals surface area contributed by atoms with Gasteiger partial charge in [-0.1, -0.05) is 182 Å². The quantitative estimate of drug-likeness (QED) is 0.162. The molecule has 0 saturated carbocycles. The maximum Gasteiger partial charge on any atom is 0.215 e. The first-order valence-electron chi connectivity index (χ1n) is 23.4. The summed E-state index contributed by atoms with van der Waals surface area (Å²) in [5.41, 5.74) is 9.75. The highest BCUT2D eigenvalue weighted by Gasteiger charge is 2.34. The minimum atomic E-state index is 0.322. The van der Waals surface area contributed by atoms with Gasteiger partial charge in [0.1, 0.15) is 0 Å². The van der Waals surface area contributed by atoms with E-state index in [1.165, 1.54) is 40.3 Å². The van der Waals surface area contributed by atoms with Gasteiger partial charge in [-0.05, 0) is 56.9 Å². The second-order valence-corrected chi connectivity index (χ2v) is 20.1. The Hall–Kier alpha value is -9.04. The van der Waals surface area contributed by atoms with Crippen LogP contribution in [0.4, 0.5) is 5.69 Å². The number of thiophene rings is 2. The van der Waals surface area contributed by atoms with Crippen molar-refractivity contribution < 1.29 is 0 Å². The van der Waals surface area contributed by atoms with Crippen LogP contribution in [0.3, 0.4) is 0 Å². The van der Waals surface area contributed by atoms with E-state index in [9.17, 15) is 11.8 Å². The fraction of sp³-hybridized carbons (Fsp3) is 0. The molecule has 0 unspecified atom stereocenters. The van der Waals surface area contributed by atoms with Crippen molar-refractivity contribution in [2.75, 3.05) is 0 Å². The van der Waals surface area contributed by atoms with Gasteiger partial charge in [0.05, 0.1) is 61.0 Å². The fourth-order valence-electron chi connectivity index (χ4n) is 11.7. The first-order valence-corrected chi connectivity index (χ1v) is 25.0. The lowest BCUT2D eigenvalue weighted by molar-refractivity contribution is 1.10. The molecule has 0 aliphatic carbocycles. The number of rotatable bonds is 4. The van der Waals surface area contributed by atoms with Gasteiger partial charge in [0, 0.05) is 63.6 Å². The molecular weight excluding hydrogens is 889 g/mol. The molecule has 0 N–H and O–H groups in total. The van der Waals surface area contributed by atoms with Crippen molar-refractivity contribution in [1.29, 1.82) is 5.26 Å². The second kappa shape index (κ2) is 14.7. The van der Waals surface area contributed by atoms with Crippen LogP contribution in [0.25, 0.3) is 144 Å². The Balaban J connectivity index is 1.31. The summed E-state index contributed by atoms with van der Waals surface area (Å²) in [6.45, 7) is 9.40. The molecule has 322 valence electrons. The molecule has 0 bridgehead atoms. The Kier molecular flexibility index (Phi) is 8.21. The van der Waals surface area contributed by atoms with Gasteiger partial charge in [0.15, 0.2) is 0 Å². The first-order chi connectivity index (χ1) is 34.7. The molecule has 11 aromatic carbocycles. The van der Waals surface area contributed by atoms with Crippen LogP contribution in [-0.2, 0) is 0 Å². The van der Waals surface area contributed by atoms with Crippen molar-refractivity contribution in [3.63, 3.8) is 0 Å². The second-order valence-electron chi connectivity index (χ2n) is 18.0. The molecule has 4 aromatic heterocycles. The van der Waals surface area contributed by atoms with E-state index in [-0.39, 0.29) is 0 Å². The predicted molar refractivity (Wildman–Crippen MR) is 298 cm³/mol. The van der Waals surface area contributed by atoms with Crippen LogP contribution in [0.15, 0.2) is 206 Å². The summed E-state index contributed by atoms with van der Waals surface area (Å²) in [5.74, 6) is 0. The zero-order valence-electron chi connectivity index (χ0n) is 37.2. The van der Waals surface area contributed by atoms with Crippen molar-refractivity contribution in [2.24, 2.45) is 0 Å². The number of hydrogen-bond donors (Lipinski definition) is 0. The van der Waals surface area contributed by atoms with Crippen molar-refractivity contribution >= 4 is 134 Å².